The van der Waals surface area contributed by atoms with E-state index >= 15 is 0 Å². The van der Waals surface area contributed by atoms with Crippen molar-refractivity contribution in [1.82, 2.24) is 0 Å². The Morgan fingerprint density at radius 3 is 0.508 bits per heavy atom. The summed E-state index contributed by atoms with van der Waals surface area (Å²) >= 11 is 0. The van der Waals surface area contributed by atoms with Crippen molar-refractivity contribution < 1.29 is 0 Å². The second-order valence-electron chi connectivity index (χ2n) is 25.3. The molecule has 0 aromatic heterocycles. The second kappa shape index (κ2) is 33.5. The maximum Gasteiger partial charge on any atom is -0.0414 e. The zero-order valence-electron chi connectivity index (χ0n) is 44.2. The topological polar surface area (TPSA) is 0 Å². The SMILES string of the molecule is CCCCCCC[C@H]1CC[C@H](CC[C@H]2CC[C@H](CC[C@H]3CC[C@H](CCC)CC3)CC2)CC1.CCCCCC[C@H]1CC[C@H](CC[C@H]2CC[C@H](CC[C@H]3CC[C@H](CCC)CC3)CC2)CC1. The lowest BCUT2D eigenvalue weighted by Crippen LogP contribution is -2.19. The molecule has 0 saturated heterocycles. The molecule has 0 aliphatic heterocycles. The Hall–Kier alpha value is 0. The first kappa shape index (κ1) is 53.9. The van der Waals surface area contributed by atoms with E-state index in [2.05, 4.69) is 27.7 Å². The van der Waals surface area contributed by atoms with Gasteiger partial charge in [0.2, 0.25) is 0 Å². The number of hydrogen-bond acceptors (Lipinski definition) is 0. The maximum atomic E-state index is 2.37. The molecule has 0 unspecified atom stereocenters. The van der Waals surface area contributed by atoms with Crippen LogP contribution in [0.25, 0.3) is 0 Å². The lowest BCUT2D eigenvalue weighted by atomic mass is 9.73. The van der Waals surface area contributed by atoms with Gasteiger partial charge in [0.25, 0.3) is 0 Å². The summed E-state index contributed by atoms with van der Waals surface area (Å²) in [6.45, 7) is 9.39. The third-order valence-corrected chi connectivity index (χ3v) is 20.3. The van der Waals surface area contributed by atoms with Gasteiger partial charge in [0, 0.05) is 0 Å². The first-order valence-corrected chi connectivity index (χ1v) is 31.0. The van der Waals surface area contributed by atoms with Crippen molar-refractivity contribution in [3.63, 3.8) is 0 Å². The van der Waals surface area contributed by atoms with E-state index in [9.17, 15) is 0 Å². The Labute approximate surface area is 398 Å². The van der Waals surface area contributed by atoms with E-state index in [1.165, 1.54) is 89.9 Å². The van der Waals surface area contributed by atoms with Crippen LogP contribution in [-0.2, 0) is 0 Å². The van der Waals surface area contributed by atoms with Gasteiger partial charge in [0.1, 0.15) is 0 Å². The molecule has 0 amide bonds. The summed E-state index contributed by atoms with van der Waals surface area (Å²) in [4.78, 5) is 0. The summed E-state index contributed by atoms with van der Waals surface area (Å²) in [6, 6.07) is 0. The molecule has 6 aliphatic rings. The van der Waals surface area contributed by atoms with Crippen LogP contribution < -0.4 is 0 Å². The van der Waals surface area contributed by atoms with Gasteiger partial charge >= 0.3 is 0 Å². The van der Waals surface area contributed by atoms with Gasteiger partial charge in [0.05, 0.1) is 0 Å². The summed E-state index contributed by atoms with van der Waals surface area (Å²) in [5, 5.41) is 0. The van der Waals surface area contributed by atoms with Gasteiger partial charge in [-0.3, -0.25) is 0 Å². The summed E-state index contributed by atoms with van der Waals surface area (Å²) in [7, 11) is 0. The zero-order chi connectivity index (χ0) is 44.2. The van der Waals surface area contributed by atoms with Crippen LogP contribution in [0.15, 0.2) is 0 Å². The van der Waals surface area contributed by atoms with Crippen molar-refractivity contribution >= 4 is 0 Å². The van der Waals surface area contributed by atoms with Crippen LogP contribution in [0, 0.1) is 71.0 Å². The highest BCUT2D eigenvalue weighted by Gasteiger charge is 2.29. The smallest absolute Gasteiger partial charge is 0.0414 e. The Morgan fingerprint density at radius 2 is 0.317 bits per heavy atom. The third-order valence-electron chi connectivity index (χ3n) is 20.3. The lowest BCUT2D eigenvalue weighted by Gasteiger charge is -2.33. The van der Waals surface area contributed by atoms with E-state index in [0.717, 1.165) is 71.0 Å². The molecule has 0 N–H and O–H groups in total. The van der Waals surface area contributed by atoms with E-state index in [1.807, 2.05) is 0 Å². The van der Waals surface area contributed by atoms with E-state index in [1.54, 1.807) is 212 Å². The molecule has 0 bridgehead atoms. The van der Waals surface area contributed by atoms with Gasteiger partial charge < -0.3 is 0 Å². The van der Waals surface area contributed by atoms with Gasteiger partial charge in [-0.15, -0.1) is 0 Å². The summed E-state index contributed by atoms with van der Waals surface area (Å²) < 4.78 is 0. The Morgan fingerprint density at radius 1 is 0.159 bits per heavy atom. The molecular weight excluding hydrogens is 757 g/mol. The Balaban J connectivity index is 0.000000238. The van der Waals surface area contributed by atoms with Crippen LogP contribution >= 0.6 is 0 Å². The molecule has 0 heterocycles. The molecule has 370 valence electrons. The minimum Gasteiger partial charge on any atom is -0.0654 e. The van der Waals surface area contributed by atoms with Crippen LogP contribution in [0.4, 0.5) is 0 Å². The van der Waals surface area contributed by atoms with Crippen LogP contribution in [0.5, 0.6) is 0 Å². The molecule has 0 aromatic carbocycles. The normalized spacial score (nSPS) is 34.3. The molecule has 0 spiro atoms. The predicted molar refractivity (Wildman–Crippen MR) is 282 cm³/mol. The number of unbranched alkanes of at least 4 members (excludes halogenated alkanes) is 7. The average Bonchev–Trinajstić information content (AvgIpc) is 3.33. The van der Waals surface area contributed by atoms with E-state index in [-0.39, 0.29) is 0 Å². The molecule has 6 rings (SSSR count). The average molecular weight is 876 g/mol. The fourth-order valence-corrected chi connectivity index (χ4v) is 15.5. The zero-order valence-corrected chi connectivity index (χ0v) is 44.2. The fraction of sp³-hybridized carbons (Fsp3) is 1.00. The van der Waals surface area contributed by atoms with Crippen molar-refractivity contribution in [1.29, 1.82) is 0 Å². The Kier molecular flexibility index (Phi) is 28.7. The van der Waals surface area contributed by atoms with E-state index in [4.69, 9.17) is 0 Å². The van der Waals surface area contributed by atoms with Crippen LogP contribution in [0.1, 0.15) is 329 Å². The van der Waals surface area contributed by atoms with Crippen molar-refractivity contribution in [2.45, 2.75) is 329 Å². The molecule has 0 radical (unpaired) electrons. The molecule has 0 atom stereocenters. The first-order valence-electron chi connectivity index (χ1n) is 31.0. The highest BCUT2D eigenvalue weighted by Crippen LogP contribution is 2.43. The van der Waals surface area contributed by atoms with Gasteiger partial charge in [-0.25, -0.2) is 0 Å². The molecule has 0 nitrogen and oxygen atoms in total. The summed E-state index contributed by atoms with van der Waals surface area (Å²) in [5.74, 6) is 13.1. The number of rotatable bonds is 27. The molecule has 6 saturated carbocycles. The van der Waals surface area contributed by atoms with Crippen molar-refractivity contribution in [3.8, 4) is 0 Å². The lowest BCUT2D eigenvalue weighted by molar-refractivity contribution is 0.194. The molecule has 0 heteroatoms. The Bertz CT molecular complexity index is 1010. The largest absolute Gasteiger partial charge is 0.0654 e. The summed E-state index contributed by atoms with van der Waals surface area (Å²) in [6.07, 6.45) is 72.1. The molecule has 63 heavy (non-hydrogen) atoms. The predicted octanol–water partition coefficient (Wildman–Crippen LogP) is 21.9. The van der Waals surface area contributed by atoms with Crippen molar-refractivity contribution in [2.75, 3.05) is 0 Å². The van der Waals surface area contributed by atoms with Crippen molar-refractivity contribution in [2.24, 2.45) is 71.0 Å². The van der Waals surface area contributed by atoms with Gasteiger partial charge in [-0.05, 0) is 71.0 Å². The monoisotopic (exact) mass is 875 g/mol. The van der Waals surface area contributed by atoms with Crippen LogP contribution in [0.3, 0.4) is 0 Å². The molecule has 6 aliphatic carbocycles. The molecule has 0 aromatic rings. The highest BCUT2D eigenvalue weighted by molar-refractivity contribution is 4.81. The quantitative estimate of drug-likeness (QED) is 0.0722. The summed E-state index contributed by atoms with van der Waals surface area (Å²) in [5.41, 5.74) is 0. The minimum atomic E-state index is 1.08. The van der Waals surface area contributed by atoms with Crippen LogP contribution in [-0.4, -0.2) is 0 Å². The first-order chi connectivity index (χ1) is 31.0. The van der Waals surface area contributed by atoms with Crippen molar-refractivity contribution in [3.05, 3.63) is 0 Å². The highest BCUT2D eigenvalue weighted by atomic mass is 14.3. The van der Waals surface area contributed by atoms with E-state index in [0.29, 0.717) is 0 Å². The van der Waals surface area contributed by atoms with E-state index < -0.39 is 0 Å². The second-order valence-corrected chi connectivity index (χ2v) is 25.3. The standard InChI is InChI=1S/C32H60.C31H58/c1-3-5-6-7-8-10-28-13-17-30(18-14-28)20-22-32-25-23-31(24-26-32)21-19-29-15-11-27(9-4-2)12-16-29;1-3-5-6-7-9-27-12-16-29(17-13-27)19-21-31-24-22-30(23-25-31)20-18-28-14-10-26(8-4-2)11-15-28/h27-32H,3-26H2,1-2H3;26-31H,3-25H2,1-2H3/t27-,28-,29-,30-,31-,32-;26-,27-,28-,29-,30-,31-. The number of hydrogen-bond donors (Lipinski definition) is 0. The fourth-order valence-electron chi connectivity index (χ4n) is 15.5. The van der Waals surface area contributed by atoms with Crippen LogP contribution in [0.2, 0.25) is 0 Å². The van der Waals surface area contributed by atoms with Gasteiger partial charge in [0.15, 0.2) is 0 Å². The van der Waals surface area contributed by atoms with Gasteiger partial charge in [-0.1, -0.05) is 329 Å². The third kappa shape index (κ3) is 22.8. The van der Waals surface area contributed by atoms with Gasteiger partial charge in [-0.2, -0.15) is 0 Å². The molecule has 6 fully saturated rings. The minimum absolute atomic E-state index is 1.08. The molecular formula is C63H118. The maximum absolute atomic E-state index is 2.37.